The highest BCUT2D eigenvalue weighted by molar-refractivity contribution is 9.10. The third-order valence-electron chi connectivity index (χ3n) is 6.44. The lowest BCUT2D eigenvalue weighted by Gasteiger charge is -2.23. The number of amides is 1. The van der Waals surface area contributed by atoms with Gasteiger partial charge in [0.1, 0.15) is 5.82 Å². The van der Waals surface area contributed by atoms with Gasteiger partial charge in [-0.1, -0.05) is 15.9 Å². The van der Waals surface area contributed by atoms with Crippen LogP contribution in [0.25, 0.3) is 0 Å². The van der Waals surface area contributed by atoms with Gasteiger partial charge < -0.3 is 19.2 Å². The molecule has 5 nitrogen and oxygen atoms in total. The molecule has 3 heterocycles. The van der Waals surface area contributed by atoms with Gasteiger partial charge >= 0.3 is 0 Å². The van der Waals surface area contributed by atoms with Crippen molar-refractivity contribution in [2.75, 3.05) is 13.2 Å². The molecule has 3 aliphatic rings. The number of nitrogens with zero attached hydrogens (tertiary/aromatic N) is 2. The van der Waals surface area contributed by atoms with Crippen molar-refractivity contribution in [1.29, 1.82) is 0 Å². The molecule has 1 aromatic carbocycles. The number of aromatic nitrogens is 2. The van der Waals surface area contributed by atoms with Crippen LogP contribution in [0.3, 0.4) is 0 Å². The van der Waals surface area contributed by atoms with Gasteiger partial charge in [0.25, 0.3) is 0 Å². The predicted octanol–water partition coefficient (Wildman–Crippen LogP) is 3.73. The number of rotatable bonds is 4. The van der Waals surface area contributed by atoms with E-state index in [1.165, 1.54) is 6.07 Å². The van der Waals surface area contributed by atoms with Crippen molar-refractivity contribution in [2.24, 2.45) is 6.98 Å². The summed E-state index contributed by atoms with van der Waals surface area (Å²) in [7, 11) is 0. The number of hydrogen-bond donors (Lipinski definition) is 1. The topological polar surface area (TPSA) is 48.2 Å². The molecule has 0 spiro atoms. The van der Waals surface area contributed by atoms with Gasteiger partial charge in [-0.15, -0.1) is 0 Å². The molecule has 1 saturated heterocycles. The Hall–Kier alpha value is -1.51. The predicted molar refractivity (Wildman–Crippen MR) is 113 cm³/mol. The van der Waals surface area contributed by atoms with Crippen molar-refractivity contribution in [3.63, 3.8) is 0 Å². The maximum atomic E-state index is 14.7. The molecule has 2 fully saturated rings. The average molecular weight is 483 g/mol. The van der Waals surface area contributed by atoms with Crippen LogP contribution in [0.5, 0.6) is 0 Å². The molecule has 0 bridgehead atoms. The van der Waals surface area contributed by atoms with Gasteiger partial charge in [0, 0.05) is 51.4 Å². The number of carbonyl (C=O) groups excluding carboxylic acids is 1. The SMILES string of the molecule is [2H]C([2H])([2H])n1c(CC(=O)N[C@@H]2CCCOC2)c2n(c1=S)C[C@@]1(c3cc(Br)ccc3F)C[C@@H]21. The van der Waals surface area contributed by atoms with E-state index in [0.29, 0.717) is 37.4 Å². The fraction of sp³-hybridized carbons (Fsp3) is 0.524. The van der Waals surface area contributed by atoms with Gasteiger partial charge in [-0.05, 0) is 55.2 Å². The third kappa shape index (κ3) is 3.11. The smallest absolute Gasteiger partial charge is 0.226 e. The minimum absolute atomic E-state index is 0.0718. The molecular weight excluding hydrogens is 457 g/mol. The van der Waals surface area contributed by atoms with E-state index in [1.807, 2.05) is 0 Å². The molecular formula is C21H23BrFN3O2S. The highest BCUT2D eigenvalue weighted by atomic mass is 79.9. The number of ether oxygens (including phenoxy) is 1. The van der Waals surface area contributed by atoms with Gasteiger partial charge in [0.2, 0.25) is 5.91 Å². The second-order valence-electron chi connectivity index (χ2n) is 8.23. The lowest BCUT2D eigenvalue weighted by atomic mass is 9.93. The Kier molecular flexibility index (Phi) is 3.93. The fourth-order valence-corrected chi connectivity index (χ4v) is 5.62. The molecule has 2 aromatic rings. The largest absolute Gasteiger partial charge is 0.379 e. The van der Waals surface area contributed by atoms with E-state index in [0.717, 1.165) is 27.6 Å². The van der Waals surface area contributed by atoms with Crippen LogP contribution in [0, 0.1) is 10.6 Å². The molecule has 1 amide bonds. The first-order valence-electron chi connectivity index (χ1n) is 11.3. The van der Waals surface area contributed by atoms with Crippen molar-refractivity contribution >= 4 is 34.1 Å². The number of nitrogens with one attached hydrogen (secondary N) is 1. The van der Waals surface area contributed by atoms with E-state index in [4.69, 9.17) is 21.1 Å². The zero-order valence-electron chi connectivity index (χ0n) is 18.7. The minimum Gasteiger partial charge on any atom is -0.379 e. The zero-order chi connectivity index (χ0) is 22.8. The molecule has 29 heavy (non-hydrogen) atoms. The molecule has 154 valence electrons. The first-order chi connectivity index (χ1) is 15.1. The highest BCUT2D eigenvalue weighted by Gasteiger charge is 2.63. The zero-order valence-corrected chi connectivity index (χ0v) is 18.1. The van der Waals surface area contributed by atoms with Crippen LogP contribution >= 0.6 is 28.1 Å². The molecule has 0 unspecified atom stereocenters. The number of hydrogen-bond acceptors (Lipinski definition) is 3. The highest BCUT2D eigenvalue weighted by Crippen LogP contribution is 2.66. The van der Waals surface area contributed by atoms with Crippen LogP contribution in [0.2, 0.25) is 0 Å². The molecule has 1 saturated carbocycles. The Bertz CT molecular complexity index is 1160. The van der Waals surface area contributed by atoms with Gasteiger partial charge in [0.15, 0.2) is 4.77 Å². The number of benzene rings is 1. The van der Waals surface area contributed by atoms with E-state index >= 15 is 0 Å². The van der Waals surface area contributed by atoms with Crippen LogP contribution in [-0.2, 0) is 34.9 Å². The van der Waals surface area contributed by atoms with Crippen molar-refractivity contribution in [1.82, 2.24) is 14.5 Å². The van der Waals surface area contributed by atoms with E-state index in [1.54, 1.807) is 16.7 Å². The number of imidazole rings is 1. The third-order valence-corrected chi connectivity index (χ3v) is 7.34. The summed E-state index contributed by atoms with van der Waals surface area (Å²) < 4.78 is 48.1. The summed E-state index contributed by atoms with van der Waals surface area (Å²) in [6.45, 7) is -0.948. The lowest BCUT2D eigenvalue weighted by Crippen LogP contribution is -2.41. The summed E-state index contributed by atoms with van der Waals surface area (Å²) in [5.41, 5.74) is 1.31. The van der Waals surface area contributed by atoms with Crippen LogP contribution in [0.1, 0.15) is 46.2 Å². The molecule has 1 N–H and O–H groups in total. The summed E-state index contributed by atoms with van der Waals surface area (Å²) >= 11 is 8.97. The summed E-state index contributed by atoms with van der Waals surface area (Å²) in [4.78, 5) is 12.9. The molecule has 3 atom stereocenters. The second kappa shape index (κ2) is 7.03. The van der Waals surface area contributed by atoms with Gasteiger partial charge in [-0.25, -0.2) is 4.39 Å². The maximum absolute atomic E-state index is 14.7. The first-order valence-corrected chi connectivity index (χ1v) is 11.0. The monoisotopic (exact) mass is 482 g/mol. The normalized spacial score (nSPS) is 29.4. The summed E-state index contributed by atoms with van der Waals surface area (Å²) in [5.74, 6) is -0.612. The van der Waals surface area contributed by atoms with E-state index in [9.17, 15) is 9.18 Å². The van der Waals surface area contributed by atoms with Crippen molar-refractivity contribution in [3.8, 4) is 0 Å². The Labute approximate surface area is 186 Å². The van der Waals surface area contributed by atoms with Crippen LogP contribution in [-0.4, -0.2) is 34.3 Å². The Morgan fingerprint density at radius 2 is 2.41 bits per heavy atom. The Morgan fingerprint density at radius 1 is 1.55 bits per heavy atom. The molecule has 0 radical (unpaired) electrons. The number of carbonyl (C=O) groups is 1. The lowest BCUT2D eigenvalue weighted by molar-refractivity contribution is -0.122. The van der Waals surface area contributed by atoms with Gasteiger partial charge in [0.05, 0.1) is 19.1 Å². The van der Waals surface area contributed by atoms with Gasteiger partial charge in [-0.3, -0.25) is 4.79 Å². The minimum atomic E-state index is -2.50. The van der Waals surface area contributed by atoms with Crippen LogP contribution in [0.4, 0.5) is 4.39 Å². The average Bonchev–Trinajstić information content (AvgIpc) is 3.23. The van der Waals surface area contributed by atoms with Gasteiger partial charge in [-0.2, -0.15) is 0 Å². The summed E-state index contributed by atoms with van der Waals surface area (Å²) in [5, 5.41) is 2.96. The van der Waals surface area contributed by atoms with E-state index in [-0.39, 0.29) is 34.9 Å². The molecule has 1 aliphatic carbocycles. The summed E-state index contributed by atoms with van der Waals surface area (Å²) in [6, 6.07) is 4.81. The quantitative estimate of drug-likeness (QED) is 0.675. The summed E-state index contributed by atoms with van der Waals surface area (Å²) in [6.07, 6.45) is 2.32. The van der Waals surface area contributed by atoms with Crippen LogP contribution < -0.4 is 5.32 Å². The molecule has 2 aliphatic heterocycles. The standard InChI is InChI=1S/C21H23BrFN3O2S/c1-25-17(8-18(27)24-13-3-2-6-28-10-13)19-15-9-21(15,11-26(19)20(25)29)14-7-12(22)4-5-16(14)23/h4-5,7,13,15H,2-3,6,8-11H2,1H3,(H,24,27)/t13-,15+,21-/m1/s1/i1D3. The maximum Gasteiger partial charge on any atom is 0.226 e. The number of fused-ring (bicyclic) bond motifs is 3. The van der Waals surface area contributed by atoms with E-state index in [2.05, 4.69) is 21.2 Å². The second-order valence-corrected chi connectivity index (χ2v) is 9.51. The molecule has 1 aromatic heterocycles. The molecule has 5 rings (SSSR count). The van der Waals surface area contributed by atoms with Crippen LogP contribution in [0.15, 0.2) is 22.7 Å². The van der Waals surface area contributed by atoms with E-state index < -0.39 is 12.4 Å². The fourth-order valence-electron chi connectivity index (χ4n) is 4.99. The van der Waals surface area contributed by atoms with Crippen molar-refractivity contribution in [3.05, 3.63) is 50.2 Å². The number of halogens is 2. The first kappa shape index (κ1) is 16.2. The van der Waals surface area contributed by atoms with Crippen molar-refractivity contribution < 1.29 is 18.0 Å². The Morgan fingerprint density at radius 3 is 3.17 bits per heavy atom. The van der Waals surface area contributed by atoms with Crippen molar-refractivity contribution in [2.45, 2.75) is 49.6 Å². The molecule has 8 heteroatoms. The Balaban J connectivity index is 1.51.